The van der Waals surface area contributed by atoms with E-state index in [0.29, 0.717) is 19.5 Å². The van der Waals surface area contributed by atoms with Gasteiger partial charge in [-0.3, -0.25) is 4.79 Å². The third-order valence-electron chi connectivity index (χ3n) is 2.65. The van der Waals surface area contributed by atoms with Gasteiger partial charge >= 0.3 is 5.97 Å². The Kier molecular flexibility index (Phi) is 7.22. The summed E-state index contributed by atoms with van der Waals surface area (Å²) in [5.74, 6) is -0.371. The van der Waals surface area contributed by atoms with Crippen LogP contribution in [0.2, 0.25) is 0 Å². The summed E-state index contributed by atoms with van der Waals surface area (Å²) >= 11 is 0. The molecule has 4 nitrogen and oxygen atoms in total. The highest BCUT2D eigenvalue weighted by atomic mass is 19.3. The molecule has 0 aromatic carbocycles. The maximum Gasteiger partial charge on any atom is 0.325 e. The molecule has 0 aliphatic carbocycles. The second-order valence-electron chi connectivity index (χ2n) is 4.26. The van der Waals surface area contributed by atoms with Crippen molar-refractivity contribution in [2.75, 3.05) is 33.8 Å². The van der Waals surface area contributed by atoms with Crippen molar-refractivity contribution in [3.8, 4) is 0 Å². The summed E-state index contributed by atoms with van der Waals surface area (Å²) in [5.41, 5.74) is -0.820. The lowest BCUT2D eigenvalue weighted by atomic mass is 9.97. The molecule has 0 bridgehead atoms. The molecule has 0 fully saturated rings. The van der Waals surface area contributed by atoms with Crippen LogP contribution in [0.25, 0.3) is 0 Å². The first-order valence-corrected chi connectivity index (χ1v) is 5.66. The minimum absolute atomic E-state index is 0.288. The Morgan fingerprint density at radius 1 is 1.53 bits per heavy atom. The summed E-state index contributed by atoms with van der Waals surface area (Å²) in [4.78, 5) is 13.1. The van der Waals surface area contributed by atoms with Gasteiger partial charge in [0.15, 0.2) is 0 Å². The van der Waals surface area contributed by atoms with E-state index in [1.54, 1.807) is 14.0 Å². The van der Waals surface area contributed by atoms with Gasteiger partial charge in [0, 0.05) is 6.54 Å². The Morgan fingerprint density at radius 2 is 2.12 bits per heavy atom. The Balaban J connectivity index is 4.31. The van der Waals surface area contributed by atoms with Gasteiger partial charge in [-0.2, -0.15) is 0 Å². The standard InChI is InChI=1S/C11H22F2N2O2/c1-5-14-11(2,10(16)17-4)6-7-15(3)8-9(12)13/h9,14H,5-8H2,1-4H3. The second-order valence-corrected chi connectivity index (χ2v) is 4.26. The van der Waals surface area contributed by atoms with E-state index in [2.05, 4.69) is 5.32 Å². The molecular formula is C11H22F2N2O2. The van der Waals surface area contributed by atoms with Gasteiger partial charge in [-0.1, -0.05) is 6.92 Å². The van der Waals surface area contributed by atoms with Gasteiger partial charge in [-0.25, -0.2) is 8.78 Å². The first-order chi connectivity index (χ1) is 7.85. The minimum atomic E-state index is -2.36. The summed E-state index contributed by atoms with van der Waals surface area (Å²) < 4.78 is 29.0. The highest BCUT2D eigenvalue weighted by Crippen LogP contribution is 2.13. The summed E-state index contributed by atoms with van der Waals surface area (Å²) in [6.07, 6.45) is -1.93. The molecule has 0 heterocycles. The molecule has 0 spiro atoms. The minimum Gasteiger partial charge on any atom is -0.468 e. The Bertz CT molecular complexity index is 240. The average Bonchev–Trinajstić information content (AvgIpc) is 2.25. The molecule has 0 aromatic heterocycles. The van der Waals surface area contributed by atoms with Crippen LogP contribution in [0.1, 0.15) is 20.3 Å². The molecule has 0 saturated carbocycles. The molecule has 102 valence electrons. The van der Waals surface area contributed by atoms with E-state index in [1.165, 1.54) is 12.0 Å². The number of esters is 1. The first-order valence-electron chi connectivity index (χ1n) is 5.66. The number of ether oxygens (including phenoxy) is 1. The highest BCUT2D eigenvalue weighted by molar-refractivity contribution is 5.80. The lowest BCUT2D eigenvalue weighted by molar-refractivity contribution is -0.148. The fourth-order valence-electron chi connectivity index (χ4n) is 1.62. The predicted octanol–water partition coefficient (Wildman–Crippen LogP) is 1.11. The first kappa shape index (κ1) is 16.2. The number of carbonyl (C=O) groups excluding carboxylic acids is 1. The molecule has 0 rings (SSSR count). The third kappa shape index (κ3) is 5.93. The number of carbonyl (C=O) groups is 1. The molecule has 0 aliphatic rings. The van der Waals surface area contributed by atoms with Crippen molar-refractivity contribution >= 4 is 5.97 Å². The predicted molar refractivity (Wildman–Crippen MR) is 62.2 cm³/mol. The van der Waals surface area contributed by atoms with Crippen LogP contribution in [0, 0.1) is 0 Å². The maximum absolute atomic E-state index is 12.1. The van der Waals surface area contributed by atoms with E-state index in [4.69, 9.17) is 4.74 Å². The summed E-state index contributed by atoms with van der Waals surface area (Å²) in [6, 6.07) is 0. The van der Waals surface area contributed by atoms with Crippen molar-refractivity contribution in [3.63, 3.8) is 0 Å². The molecule has 0 saturated heterocycles. The summed E-state index contributed by atoms with van der Waals surface area (Å²) in [6.45, 7) is 4.33. The van der Waals surface area contributed by atoms with Gasteiger partial charge < -0.3 is 15.0 Å². The Hall–Kier alpha value is -0.750. The molecule has 1 atom stereocenters. The smallest absolute Gasteiger partial charge is 0.325 e. The van der Waals surface area contributed by atoms with Crippen LogP contribution in [-0.4, -0.2) is 56.6 Å². The quantitative estimate of drug-likeness (QED) is 0.657. The van der Waals surface area contributed by atoms with E-state index in [0.717, 1.165) is 0 Å². The normalized spacial score (nSPS) is 15.1. The zero-order chi connectivity index (χ0) is 13.5. The van der Waals surface area contributed by atoms with Crippen molar-refractivity contribution in [3.05, 3.63) is 0 Å². The van der Waals surface area contributed by atoms with E-state index in [-0.39, 0.29) is 12.5 Å². The Morgan fingerprint density at radius 3 is 2.53 bits per heavy atom. The average molecular weight is 252 g/mol. The van der Waals surface area contributed by atoms with Crippen molar-refractivity contribution in [2.45, 2.75) is 32.2 Å². The van der Waals surface area contributed by atoms with Crippen molar-refractivity contribution in [1.29, 1.82) is 0 Å². The van der Waals surface area contributed by atoms with E-state index in [9.17, 15) is 13.6 Å². The fraction of sp³-hybridized carbons (Fsp3) is 0.909. The lowest BCUT2D eigenvalue weighted by Gasteiger charge is -2.29. The van der Waals surface area contributed by atoms with Crippen molar-refractivity contribution < 1.29 is 18.3 Å². The molecule has 0 aromatic rings. The molecule has 0 amide bonds. The van der Waals surface area contributed by atoms with E-state index in [1.807, 2.05) is 6.92 Å². The van der Waals surface area contributed by atoms with Gasteiger partial charge in [0.25, 0.3) is 6.43 Å². The summed E-state index contributed by atoms with van der Waals surface area (Å²) in [5, 5.41) is 3.03. The van der Waals surface area contributed by atoms with Gasteiger partial charge in [-0.15, -0.1) is 0 Å². The van der Waals surface area contributed by atoms with Crippen molar-refractivity contribution in [2.24, 2.45) is 0 Å². The maximum atomic E-state index is 12.1. The number of methoxy groups -OCH3 is 1. The topological polar surface area (TPSA) is 41.6 Å². The number of rotatable bonds is 8. The fourth-order valence-corrected chi connectivity index (χ4v) is 1.62. The van der Waals surface area contributed by atoms with Crippen molar-refractivity contribution in [1.82, 2.24) is 10.2 Å². The number of alkyl halides is 2. The van der Waals surface area contributed by atoms with Crippen LogP contribution in [0.3, 0.4) is 0 Å². The van der Waals surface area contributed by atoms with Gasteiger partial charge in [0.1, 0.15) is 5.54 Å². The van der Waals surface area contributed by atoms with Crippen LogP contribution >= 0.6 is 0 Å². The van der Waals surface area contributed by atoms with Gasteiger partial charge in [-0.05, 0) is 26.9 Å². The molecule has 0 radical (unpaired) electrons. The van der Waals surface area contributed by atoms with Crippen LogP contribution in [-0.2, 0) is 9.53 Å². The second kappa shape index (κ2) is 7.55. The van der Waals surface area contributed by atoms with Crippen LogP contribution in [0.5, 0.6) is 0 Å². The molecule has 6 heteroatoms. The van der Waals surface area contributed by atoms with E-state index < -0.39 is 12.0 Å². The van der Waals surface area contributed by atoms with Gasteiger partial charge in [0.05, 0.1) is 13.7 Å². The molecule has 0 aliphatic heterocycles. The Labute approximate surface area is 101 Å². The molecule has 1 unspecified atom stereocenters. The van der Waals surface area contributed by atoms with Crippen LogP contribution in [0.15, 0.2) is 0 Å². The third-order valence-corrected chi connectivity index (χ3v) is 2.65. The number of hydrogen-bond acceptors (Lipinski definition) is 4. The number of nitrogens with one attached hydrogen (secondary N) is 1. The molecular weight excluding hydrogens is 230 g/mol. The number of halogens is 2. The zero-order valence-corrected chi connectivity index (χ0v) is 10.9. The highest BCUT2D eigenvalue weighted by Gasteiger charge is 2.33. The van der Waals surface area contributed by atoms with Crippen LogP contribution < -0.4 is 5.32 Å². The monoisotopic (exact) mass is 252 g/mol. The number of hydrogen-bond donors (Lipinski definition) is 1. The van der Waals surface area contributed by atoms with Gasteiger partial charge in [0.2, 0.25) is 0 Å². The number of likely N-dealkylation sites (N-methyl/N-ethyl adjacent to an activating group) is 1. The summed E-state index contributed by atoms with van der Waals surface area (Å²) in [7, 11) is 2.93. The SMILES string of the molecule is CCNC(C)(CCN(C)CC(F)F)C(=O)OC. The lowest BCUT2D eigenvalue weighted by Crippen LogP contribution is -2.51. The molecule has 1 N–H and O–H groups in total. The zero-order valence-electron chi connectivity index (χ0n) is 10.9. The molecule has 17 heavy (non-hydrogen) atoms. The largest absolute Gasteiger partial charge is 0.468 e. The van der Waals surface area contributed by atoms with Crippen LogP contribution in [0.4, 0.5) is 8.78 Å². The van der Waals surface area contributed by atoms with E-state index >= 15 is 0 Å². The number of nitrogens with zero attached hydrogens (tertiary/aromatic N) is 1.